The molecule has 0 fully saturated rings. The Kier molecular flexibility index (Phi) is 4.10. The van der Waals surface area contributed by atoms with Crippen LogP contribution in [0, 0.1) is 6.92 Å². The highest BCUT2D eigenvalue weighted by Crippen LogP contribution is 2.28. The van der Waals surface area contributed by atoms with Crippen LogP contribution in [0.5, 0.6) is 0 Å². The number of rotatable bonds is 4. The lowest BCUT2D eigenvalue weighted by molar-refractivity contribution is 0.433. The molecular formula is C15H18ClNO. The highest BCUT2D eigenvalue weighted by Gasteiger charge is 2.18. The van der Waals surface area contributed by atoms with Gasteiger partial charge in [-0.05, 0) is 49.4 Å². The van der Waals surface area contributed by atoms with Gasteiger partial charge < -0.3 is 9.73 Å². The molecule has 96 valence electrons. The molecule has 1 aromatic carbocycles. The standard InChI is InChI=1S/C15H18ClNO/c1-4-12-7-8-14(18-12)15(17-3)13-9-11(16)6-5-10(13)2/h5-9,15,17H,4H2,1-3H3. The molecule has 1 unspecified atom stereocenters. The fourth-order valence-electron chi connectivity index (χ4n) is 2.11. The topological polar surface area (TPSA) is 25.2 Å². The van der Waals surface area contributed by atoms with Crippen LogP contribution in [0.3, 0.4) is 0 Å². The van der Waals surface area contributed by atoms with E-state index in [1.165, 1.54) is 5.56 Å². The van der Waals surface area contributed by atoms with Crippen molar-refractivity contribution in [2.24, 2.45) is 0 Å². The van der Waals surface area contributed by atoms with Gasteiger partial charge in [0.05, 0.1) is 6.04 Å². The highest BCUT2D eigenvalue weighted by molar-refractivity contribution is 6.30. The van der Waals surface area contributed by atoms with E-state index in [-0.39, 0.29) is 6.04 Å². The Morgan fingerprint density at radius 3 is 2.67 bits per heavy atom. The average molecular weight is 264 g/mol. The Balaban J connectivity index is 2.41. The van der Waals surface area contributed by atoms with E-state index in [4.69, 9.17) is 16.0 Å². The summed E-state index contributed by atoms with van der Waals surface area (Å²) >= 11 is 6.08. The molecule has 0 spiro atoms. The van der Waals surface area contributed by atoms with Crippen molar-refractivity contribution in [2.75, 3.05) is 7.05 Å². The van der Waals surface area contributed by atoms with E-state index in [1.54, 1.807) is 0 Å². The fourth-order valence-corrected chi connectivity index (χ4v) is 2.29. The second-order valence-corrected chi connectivity index (χ2v) is 4.82. The average Bonchev–Trinajstić information content (AvgIpc) is 2.83. The maximum Gasteiger partial charge on any atom is 0.125 e. The minimum Gasteiger partial charge on any atom is -0.464 e. The first-order chi connectivity index (χ1) is 8.65. The number of halogens is 1. The van der Waals surface area contributed by atoms with Crippen molar-refractivity contribution in [1.82, 2.24) is 5.32 Å². The van der Waals surface area contributed by atoms with Crippen molar-refractivity contribution < 1.29 is 4.42 Å². The number of hydrogen-bond acceptors (Lipinski definition) is 2. The number of aryl methyl sites for hydroxylation is 2. The first kappa shape index (κ1) is 13.2. The normalized spacial score (nSPS) is 12.7. The van der Waals surface area contributed by atoms with Crippen LogP contribution < -0.4 is 5.32 Å². The van der Waals surface area contributed by atoms with Crippen LogP contribution in [0.4, 0.5) is 0 Å². The van der Waals surface area contributed by atoms with Gasteiger partial charge in [0.1, 0.15) is 11.5 Å². The van der Waals surface area contributed by atoms with Crippen LogP contribution in [0.2, 0.25) is 5.02 Å². The summed E-state index contributed by atoms with van der Waals surface area (Å²) in [6.45, 7) is 4.17. The summed E-state index contributed by atoms with van der Waals surface area (Å²) < 4.78 is 5.83. The molecule has 0 saturated carbocycles. The molecule has 0 aliphatic heterocycles. The predicted molar refractivity (Wildman–Crippen MR) is 75.2 cm³/mol. The lowest BCUT2D eigenvalue weighted by Gasteiger charge is -2.17. The van der Waals surface area contributed by atoms with Crippen molar-refractivity contribution in [2.45, 2.75) is 26.3 Å². The van der Waals surface area contributed by atoms with Crippen molar-refractivity contribution in [3.63, 3.8) is 0 Å². The van der Waals surface area contributed by atoms with Crippen molar-refractivity contribution in [3.05, 3.63) is 58.0 Å². The maximum absolute atomic E-state index is 6.08. The van der Waals surface area contributed by atoms with E-state index in [9.17, 15) is 0 Å². The van der Waals surface area contributed by atoms with Crippen LogP contribution in [-0.4, -0.2) is 7.05 Å². The molecule has 0 bridgehead atoms. The van der Waals surface area contributed by atoms with Gasteiger partial charge in [-0.15, -0.1) is 0 Å². The Morgan fingerprint density at radius 2 is 2.06 bits per heavy atom. The number of furan rings is 1. The Morgan fingerprint density at radius 1 is 1.28 bits per heavy atom. The van der Waals surface area contributed by atoms with E-state index in [0.717, 1.165) is 28.5 Å². The zero-order valence-electron chi connectivity index (χ0n) is 11.0. The zero-order chi connectivity index (χ0) is 13.1. The molecule has 1 heterocycles. The van der Waals surface area contributed by atoms with Gasteiger partial charge in [0.15, 0.2) is 0 Å². The Hall–Kier alpha value is -1.25. The van der Waals surface area contributed by atoms with Crippen LogP contribution in [0.25, 0.3) is 0 Å². The smallest absolute Gasteiger partial charge is 0.125 e. The second kappa shape index (κ2) is 5.59. The van der Waals surface area contributed by atoms with Gasteiger partial charge in [-0.1, -0.05) is 24.6 Å². The molecule has 18 heavy (non-hydrogen) atoms. The predicted octanol–water partition coefficient (Wildman–Crippen LogP) is 4.11. The van der Waals surface area contributed by atoms with Gasteiger partial charge in [0, 0.05) is 11.4 Å². The minimum atomic E-state index is 0.0454. The second-order valence-electron chi connectivity index (χ2n) is 4.38. The van der Waals surface area contributed by atoms with Crippen molar-refractivity contribution in [1.29, 1.82) is 0 Å². The van der Waals surface area contributed by atoms with Crippen LogP contribution >= 0.6 is 11.6 Å². The molecule has 3 heteroatoms. The molecule has 0 saturated heterocycles. The third kappa shape index (κ3) is 2.60. The molecule has 0 amide bonds. The molecular weight excluding hydrogens is 246 g/mol. The molecule has 1 N–H and O–H groups in total. The first-order valence-electron chi connectivity index (χ1n) is 6.17. The number of hydrogen-bond donors (Lipinski definition) is 1. The highest BCUT2D eigenvalue weighted by atomic mass is 35.5. The van der Waals surface area contributed by atoms with Crippen molar-refractivity contribution >= 4 is 11.6 Å². The van der Waals surface area contributed by atoms with Gasteiger partial charge in [-0.3, -0.25) is 0 Å². The lowest BCUT2D eigenvalue weighted by atomic mass is 9.99. The van der Waals surface area contributed by atoms with E-state index in [2.05, 4.69) is 19.2 Å². The van der Waals surface area contributed by atoms with Gasteiger partial charge in [0.25, 0.3) is 0 Å². The molecule has 0 aliphatic carbocycles. The first-order valence-corrected chi connectivity index (χ1v) is 6.55. The molecule has 0 aliphatic rings. The van der Waals surface area contributed by atoms with Crippen LogP contribution in [0.1, 0.15) is 35.6 Å². The van der Waals surface area contributed by atoms with Crippen LogP contribution in [0.15, 0.2) is 34.7 Å². The summed E-state index contributed by atoms with van der Waals surface area (Å²) in [7, 11) is 1.93. The number of nitrogens with one attached hydrogen (secondary N) is 1. The van der Waals surface area contributed by atoms with Gasteiger partial charge in [-0.2, -0.15) is 0 Å². The largest absolute Gasteiger partial charge is 0.464 e. The van der Waals surface area contributed by atoms with Gasteiger partial charge in [-0.25, -0.2) is 0 Å². The molecule has 2 nitrogen and oxygen atoms in total. The molecule has 2 rings (SSSR count). The monoisotopic (exact) mass is 263 g/mol. The summed E-state index contributed by atoms with van der Waals surface area (Å²) in [4.78, 5) is 0. The maximum atomic E-state index is 6.08. The molecule has 2 aromatic rings. The Labute approximate surface area is 113 Å². The SMILES string of the molecule is CCc1ccc(C(NC)c2cc(Cl)ccc2C)o1. The number of benzene rings is 1. The van der Waals surface area contributed by atoms with Gasteiger partial charge >= 0.3 is 0 Å². The third-order valence-corrected chi connectivity index (χ3v) is 3.39. The van der Waals surface area contributed by atoms with E-state index < -0.39 is 0 Å². The molecule has 0 radical (unpaired) electrons. The quantitative estimate of drug-likeness (QED) is 0.898. The fraction of sp³-hybridized carbons (Fsp3) is 0.333. The Bertz CT molecular complexity index is 533. The zero-order valence-corrected chi connectivity index (χ0v) is 11.7. The molecule has 1 aromatic heterocycles. The third-order valence-electron chi connectivity index (χ3n) is 3.16. The summed E-state index contributed by atoms with van der Waals surface area (Å²) in [6.07, 6.45) is 0.908. The summed E-state index contributed by atoms with van der Waals surface area (Å²) in [6, 6.07) is 10.0. The van der Waals surface area contributed by atoms with Crippen LogP contribution in [-0.2, 0) is 6.42 Å². The summed E-state index contributed by atoms with van der Waals surface area (Å²) in [5.41, 5.74) is 2.36. The lowest BCUT2D eigenvalue weighted by Crippen LogP contribution is -2.18. The van der Waals surface area contributed by atoms with Gasteiger partial charge in [0.2, 0.25) is 0 Å². The summed E-state index contributed by atoms with van der Waals surface area (Å²) in [5, 5.41) is 4.04. The van der Waals surface area contributed by atoms with E-state index in [1.807, 2.05) is 37.4 Å². The molecule has 1 atom stereocenters. The summed E-state index contributed by atoms with van der Waals surface area (Å²) in [5.74, 6) is 1.93. The minimum absolute atomic E-state index is 0.0454. The van der Waals surface area contributed by atoms with E-state index in [0.29, 0.717) is 0 Å². The van der Waals surface area contributed by atoms with Crippen molar-refractivity contribution in [3.8, 4) is 0 Å². The van der Waals surface area contributed by atoms with E-state index >= 15 is 0 Å².